The van der Waals surface area contributed by atoms with Gasteiger partial charge in [-0.05, 0) is 145 Å². The molecule has 0 radical (unpaired) electrons. The van der Waals surface area contributed by atoms with Crippen molar-refractivity contribution >= 4 is 75.9 Å². The van der Waals surface area contributed by atoms with Gasteiger partial charge in [-0.25, -0.2) is 0 Å². The summed E-state index contributed by atoms with van der Waals surface area (Å²) in [4.78, 5) is 0. The van der Waals surface area contributed by atoms with Gasteiger partial charge in [0.1, 0.15) is 0 Å². The minimum Gasteiger partial charge on any atom is -0.309 e. The third-order valence-corrected chi connectivity index (χ3v) is 14.1. The van der Waals surface area contributed by atoms with Crippen LogP contribution in [0.5, 0.6) is 0 Å². The molecular weight excluding hydrogens is 797 g/mol. The number of hydrogen-bond acceptors (Lipinski definition) is 0. The lowest BCUT2D eigenvalue weighted by Gasteiger charge is -2.15. The van der Waals surface area contributed by atoms with Crippen molar-refractivity contribution in [3.05, 3.63) is 230 Å². The Morgan fingerprint density at radius 2 is 0.712 bits per heavy atom. The number of rotatable bonds is 8. The van der Waals surface area contributed by atoms with Crippen molar-refractivity contribution in [2.45, 2.75) is 26.2 Å². The first-order chi connectivity index (χ1) is 32.7. The molecule has 0 saturated heterocycles. The lowest BCUT2D eigenvalue weighted by Crippen LogP contribution is -1.95. The molecule has 0 aliphatic heterocycles. The van der Waals surface area contributed by atoms with Crippen molar-refractivity contribution in [1.82, 2.24) is 9.13 Å². The van der Waals surface area contributed by atoms with Gasteiger partial charge in [-0.1, -0.05) is 177 Å². The maximum absolute atomic E-state index is 2.45. The highest BCUT2D eigenvalue weighted by Gasteiger charge is 2.18. The summed E-state index contributed by atoms with van der Waals surface area (Å²) in [5.41, 5.74) is 16.1. The van der Waals surface area contributed by atoms with Crippen LogP contribution in [0, 0.1) is 0 Å². The molecule has 0 saturated carbocycles. The third kappa shape index (κ3) is 6.02. The second-order valence-corrected chi connectivity index (χ2v) is 17.8. The Hall–Kier alpha value is -8.20. The van der Waals surface area contributed by atoms with Crippen molar-refractivity contribution in [2.24, 2.45) is 0 Å². The Kier molecular flexibility index (Phi) is 8.99. The average molecular weight is 843 g/mol. The quantitative estimate of drug-likeness (QED) is 0.135. The Morgan fingerprint density at radius 1 is 0.288 bits per heavy atom. The zero-order valence-corrected chi connectivity index (χ0v) is 36.9. The van der Waals surface area contributed by atoms with Gasteiger partial charge in [0, 0.05) is 32.9 Å². The van der Waals surface area contributed by atoms with Gasteiger partial charge in [-0.15, -0.1) is 0 Å². The SMILES string of the molecule is CCCCc1ccccc1-c1ccccc1-c1ccc(-n2c3ccccc3c3cc(-c4ccc5c(c4)c4ccccc4n5-c4ccc5c6ccccc6c6ccccc6c5c4)ccc32)cc1. The van der Waals surface area contributed by atoms with Gasteiger partial charge in [0.25, 0.3) is 0 Å². The van der Waals surface area contributed by atoms with Crippen LogP contribution in [-0.2, 0) is 6.42 Å². The topological polar surface area (TPSA) is 9.86 Å². The standard InChI is InChI=1S/C64H46N2/c1-2-3-16-42-17-4-5-18-48(42)50-20-7-6-19-49(50)43-29-33-46(34-30-43)65-61-27-14-12-25-56(61)59-39-44(31-37-63(59)65)45-32-38-64-60(40-45)57-26-13-15-28-62(57)66(64)47-35-36-55-53-23-9-8-21-51(53)52-22-10-11-24-54(52)58(55)41-47/h4-15,17-41H,2-3,16H2,1H3. The van der Waals surface area contributed by atoms with E-state index in [1.165, 1.54) is 133 Å². The largest absolute Gasteiger partial charge is 0.309 e. The van der Waals surface area contributed by atoms with Crippen LogP contribution in [0.1, 0.15) is 25.3 Å². The molecule has 0 aliphatic carbocycles. The van der Waals surface area contributed by atoms with E-state index in [9.17, 15) is 0 Å². The second-order valence-electron chi connectivity index (χ2n) is 17.8. The van der Waals surface area contributed by atoms with Gasteiger partial charge in [0.2, 0.25) is 0 Å². The molecule has 66 heavy (non-hydrogen) atoms. The van der Waals surface area contributed by atoms with Crippen molar-refractivity contribution < 1.29 is 0 Å². The number of nitrogens with zero attached hydrogens (tertiary/aromatic N) is 2. The normalized spacial score (nSPS) is 11.9. The Labute approximate surface area is 384 Å². The fourth-order valence-electron chi connectivity index (χ4n) is 11.0. The molecule has 0 aliphatic rings. The number of benzene rings is 11. The molecule has 0 amide bonds. The van der Waals surface area contributed by atoms with Crippen LogP contribution in [0.2, 0.25) is 0 Å². The fourth-order valence-corrected chi connectivity index (χ4v) is 11.0. The highest BCUT2D eigenvalue weighted by molar-refractivity contribution is 6.25. The number of unbranched alkanes of at least 4 members (excludes halogenated alkanes) is 1. The maximum Gasteiger partial charge on any atom is 0.0541 e. The zero-order chi connectivity index (χ0) is 43.7. The fraction of sp³-hybridized carbons (Fsp3) is 0.0625. The Morgan fingerprint density at radius 3 is 1.30 bits per heavy atom. The molecule has 0 bridgehead atoms. The van der Waals surface area contributed by atoms with E-state index in [-0.39, 0.29) is 0 Å². The number of hydrogen-bond donors (Lipinski definition) is 0. The molecule has 312 valence electrons. The predicted octanol–water partition coefficient (Wildman–Crippen LogP) is 17.7. The molecule has 0 spiro atoms. The summed E-state index contributed by atoms with van der Waals surface area (Å²) in [6.07, 6.45) is 3.47. The van der Waals surface area contributed by atoms with Gasteiger partial charge in [0.05, 0.1) is 22.1 Å². The lowest BCUT2D eigenvalue weighted by molar-refractivity contribution is 0.796. The molecule has 11 aromatic carbocycles. The number of aromatic nitrogens is 2. The molecule has 2 heteroatoms. The summed E-state index contributed by atoms with van der Waals surface area (Å²) >= 11 is 0. The van der Waals surface area contributed by atoms with E-state index in [0.717, 1.165) is 12.1 Å². The van der Waals surface area contributed by atoms with E-state index in [1.54, 1.807) is 0 Å². The molecule has 2 heterocycles. The Bertz CT molecular complexity index is 4000. The van der Waals surface area contributed by atoms with E-state index >= 15 is 0 Å². The number of fused-ring (bicyclic) bond motifs is 12. The van der Waals surface area contributed by atoms with Gasteiger partial charge >= 0.3 is 0 Å². The summed E-state index contributed by atoms with van der Waals surface area (Å²) in [6, 6.07) is 83.4. The lowest BCUT2D eigenvalue weighted by atomic mass is 9.90. The van der Waals surface area contributed by atoms with Crippen LogP contribution in [-0.4, -0.2) is 9.13 Å². The van der Waals surface area contributed by atoms with Crippen molar-refractivity contribution in [3.63, 3.8) is 0 Å². The average Bonchev–Trinajstić information content (AvgIpc) is 3.90. The van der Waals surface area contributed by atoms with Crippen LogP contribution in [0.4, 0.5) is 0 Å². The second kappa shape index (κ2) is 15.5. The summed E-state index contributed by atoms with van der Waals surface area (Å²) in [5, 5.41) is 12.7. The first-order valence-corrected chi connectivity index (χ1v) is 23.4. The highest BCUT2D eigenvalue weighted by atomic mass is 15.0. The van der Waals surface area contributed by atoms with Crippen LogP contribution in [0.25, 0.3) is 121 Å². The summed E-state index contributed by atoms with van der Waals surface area (Å²) in [7, 11) is 0. The first kappa shape index (κ1) is 38.3. The van der Waals surface area contributed by atoms with Crippen LogP contribution < -0.4 is 0 Å². The highest BCUT2D eigenvalue weighted by Crippen LogP contribution is 2.42. The van der Waals surface area contributed by atoms with E-state index < -0.39 is 0 Å². The van der Waals surface area contributed by atoms with Crippen LogP contribution in [0.3, 0.4) is 0 Å². The molecule has 0 fully saturated rings. The van der Waals surface area contributed by atoms with Crippen molar-refractivity contribution in [3.8, 4) is 44.8 Å². The van der Waals surface area contributed by atoms with Gasteiger partial charge in [0.15, 0.2) is 0 Å². The van der Waals surface area contributed by atoms with Gasteiger partial charge in [-0.3, -0.25) is 0 Å². The van der Waals surface area contributed by atoms with Crippen molar-refractivity contribution in [2.75, 3.05) is 0 Å². The predicted molar refractivity (Wildman–Crippen MR) is 283 cm³/mol. The van der Waals surface area contributed by atoms with Crippen LogP contribution >= 0.6 is 0 Å². The van der Waals surface area contributed by atoms with Crippen LogP contribution in [0.15, 0.2) is 224 Å². The summed E-state index contributed by atoms with van der Waals surface area (Å²) in [6.45, 7) is 2.27. The molecule has 2 nitrogen and oxygen atoms in total. The van der Waals surface area contributed by atoms with E-state index in [1.807, 2.05) is 0 Å². The molecule has 13 aromatic rings. The van der Waals surface area contributed by atoms with Crippen molar-refractivity contribution in [1.29, 1.82) is 0 Å². The van der Waals surface area contributed by atoms with Gasteiger partial charge < -0.3 is 9.13 Å². The van der Waals surface area contributed by atoms with E-state index in [2.05, 4.69) is 241 Å². The molecule has 0 atom stereocenters. The smallest absolute Gasteiger partial charge is 0.0541 e. The minimum atomic E-state index is 1.09. The minimum absolute atomic E-state index is 1.09. The molecule has 2 aromatic heterocycles. The summed E-state index contributed by atoms with van der Waals surface area (Å²) in [5.74, 6) is 0. The summed E-state index contributed by atoms with van der Waals surface area (Å²) < 4.78 is 4.88. The third-order valence-electron chi connectivity index (χ3n) is 14.1. The van der Waals surface area contributed by atoms with E-state index in [4.69, 9.17) is 0 Å². The Balaban J connectivity index is 0.904. The molecule has 13 rings (SSSR count). The number of aryl methyl sites for hydroxylation is 1. The molecule has 0 unspecified atom stereocenters. The first-order valence-electron chi connectivity index (χ1n) is 23.4. The zero-order valence-electron chi connectivity index (χ0n) is 36.9. The number of para-hydroxylation sites is 2. The molecule has 0 N–H and O–H groups in total. The van der Waals surface area contributed by atoms with Gasteiger partial charge in [-0.2, -0.15) is 0 Å². The molecular formula is C64H46N2. The van der Waals surface area contributed by atoms with E-state index in [0.29, 0.717) is 0 Å². The maximum atomic E-state index is 2.45. The monoisotopic (exact) mass is 842 g/mol.